The van der Waals surface area contributed by atoms with Crippen LogP contribution in [0.1, 0.15) is 12.0 Å². The van der Waals surface area contributed by atoms with Gasteiger partial charge in [-0.1, -0.05) is 52.0 Å². The predicted molar refractivity (Wildman–Crippen MR) is 90.3 cm³/mol. The fraction of sp³-hybridized carbons (Fsp3) is 0.417. The first-order chi connectivity index (χ1) is 8.79. The van der Waals surface area contributed by atoms with E-state index in [-0.39, 0.29) is 0 Å². The summed E-state index contributed by atoms with van der Waals surface area (Å²) in [5.41, 5.74) is 6.41. The van der Waals surface area contributed by atoms with Crippen LogP contribution in [0.15, 0.2) is 28.7 Å². The van der Waals surface area contributed by atoms with Gasteiger partial charge in [-0.05, 0) is 30.5 Å². The third kappa shape index (κ3) is 6.74. The molecule has 0 spiro atoms. The standard InChI is InChI=1S/C12H16BrNO2S3/c1-19(15,16)11(6-7-18-12(14)17)8-9-2-4-10(13)5-3-9/h2-5,11H,6-8H2,1H3,(H2,14,17). The molecule has 0 bridgehead atoms. The number of rotatable bonds is 6. The fourth-order valence-corrected chi connectivity index (χ4v) is 3.95. The number of halogens is 1. The Morgan fingerprint density at radius 1 is 1.42 bits per heavy atom. The quantitative estimate of drug-likeness (QED) is 0.767. The predicted octanol–water partition coefficient (Wildman–Crippen LogP) is 2.77. The summed E-state index contributed by atoms with van der Waals surface area (Å²) in [7, 11) is -3.08. The molecule has 1 rings (SSSR count). The second-order valence-electron chi connectivity index (χ2n) is 4.24. The van der Waals surface area contributed by atoms with Crippen molar-refractivity contribution in [3.8, 4) is 0 Å². The van der Waals surface area contributed by atoms with Crippen molar-refractivity contribution in [3.05, 3.63) is 34.3 Å². The Hall–Kier alpha value is -0.110. The molecule has 0 fully saturated rings. The average molecular weight is 382 g/mol. The topological polar surface area (TPSA) is 60.2 Å². The number of thioether (sulfide) groups is 1. The largest absolute Gasteiger partial charge is 0.385 e. The molecule has 0 saturated carbocycles. The summed E-state index contributed by atoms with van der Waals surface area (Å²) in [6, 6.07) is 7.70. The first-order valence-electron chi connectivity index (χ1n) is 5.64. The average Bonchev–Trinajstić information content (AvgIpc) is 2.28. The van der Waals surface area contributed by atoms with Crippen LogP contribution >= 0.6 is 39.9 Å². The molecule has 0 saturated heterocycles. The van der Waals surface area contributed by atoms with Gasteiger partial charge in [-0.15, -0.1) is 0 Å². The van der Waals surface area contributed by atoms with E-state index in [4.69, 9.17) is 18.0 Å². The summed E-state index contributed by atoms with van der Waals surface area (Å²) in [5, 5.41) is -0.393. The first-order valence-corrected chi connectivity index (χ1v) is 9.78. The van der Waals surface area contributed by atoms with Crippen molar-refractivity contribution < 1.29 is 8.42 Å². The lowest BCUT2D eigenvalue weighted by Gasteiger charge is -2.15. The molecule has 0 radical (unpaired) electrons. The van der Waals surface area contributed by atoms with Gasteiger partial charge in [0.05, 0.1) is 5.25 Å². The van der Waals surface area contributed by atoms with Crippen molar-refractivity contribution in [1.29, 1.82) is 0 Å². The molecular formula is C12H16BrNO2S3. The number of nitrogens with two attached hydrogens (primary N) is 1. The van der Waals surface area contributed by atoms with E-state index in [2.05, 4.69) is 15.9 Å². The Labute approximate surface area is 132 Å². The molecule has 7 heteroatoms. The minimum Gasteiger partial charge on any atom is -0.385 e. The maximum atomic E-state index is 11.8. The van der Waals surface area contributed by atoms with Crippen LogP contribution in [0.25, 0.3) is 0 Å². The Balaban J connectivity index is 2.70. The minimum absolute atomic E-state index is 0.357. The Bertz CT molecular complexity index is 528. The van der Waals surface area contributed by atoms with E-state index < -0.39 is 15.1 Å². The molecule has 0 heterocycles. The number of benzene rings is 1. The van der Waals surface area contributed by atoms with Gasteiger partial charge in [-0.3, -0.25) is 0 Å². The summed E-state index contributed by atoms with van der Waals surface area (Å²) in [5.74, 6) is 0.629. The lowest BCUT2D eigenvalue weighted by molar-refractivity contribution is 0.580. The van der Waals surface area contributed by atoms with Gasteiger partial charge in [-0.25, -0.2) is 8.42 Å². The smallest absolute Gasteiger partial charge is 0.150 e. The summed E-state index contributed by atoms with van der Waals surface area (Å²) in [6.07, 6.45) is 2.35. The highest BCUT2D eigenvalue weighted by atomic mass is 79.9. The van der Waals surface area contributed by atoms with E-state index in [1.165, 1.54) is 18.0 Å². The zero-order chi connectivity index (χ0) is 14.5. The normalized spacial score (nSPS) is 13.2. The number of thiocarbonyl (C=S) groups is 1. The van der Waals surface area contributed by atoms with Gasteiger partial charge < -0.3 is 5.73 Å². The SMILES string of the molecule is CS(=O)(=O)C(CCSC(N)=S)Cc1ccc(Br)cc1. The van der Waals surface area contributed by atoms with E-state index in [1.807, 2.05) is 24.3 Å². The van der Waals surface area contributed by atoms with Gasteiger partial charge >= 0.3 is 0 Å². The lowest BCUT2D eigenvalue weighted by Crippen LogP contribution is -2.24. The van der Waals surface area contributed by atoms with Crippen LogP contribution in [0.4, 0.5) is 0 Å². The summed E-state index contributed by atoms with van der Waals surface area (Å²) >= 11 is 9.46. The molecule has 1 aromatic carbocycles. The summed E-state index contributed by atoms with van der Waals surface area (Å²) in [6.45, 7) is 0. The molecule has 19 heavy (non-hydrogen) atoms. The van der Waals surface area contributed by atoms with Gasteiger partial charge in [-0.2, -0.15) is 0 Å². The van der Waals surface area contributed by atoms with Gasteiger partial charge in [0.25, 0.3) is 0 Å². The van der Waals surface area contributed by atoms with E-state index in [1.54, 1.807) is 0 Å². The molecule has 106 valence electrons. The van der Waals surface area contributed by atoms with Crippen molar-refractivity contribution in [2.45, 2.75) is 18.1 Å². The van der Waals surface area contributed by atoms with Gasteiger partial charge in [0, 0.05) is 16.5 Å². The minimum atomic E-state index is -3.08. The third-order valence-electron chi connectivity index (χ3n) is 2.67. The van der Waals surface area contributed by atoms with E-state index in [0.29, 0.717) is 22.9 Å². The summed E-state index contributed by atoms with van der Waals surface area (Å²) in [4.78, 5) is 0. The molecule has 0 aromatic heterocycles. The highest BCUT2D eigenvalue weighted by Crippen LogP contribution is 2.18. The highest BCUT2D eigenvalue weighted by Gasteiger charge is 2.21. The number of hydrogen-bond acceptors (Lipinski definition) is 4. The monoisotopic (exact) mass is 381 g/mol. The molecule has 1 unspecified atom stereocenters. The second kappa shape index (κ2) is 7.61. The van der Waals surface area contributed by atoms with Crippen molar-refractivity contribution in [1.82, 2.24) is 0 Å². The van der Waals surface area contributed by atoms with Crippen LogP contribution in [-0.4, -0.2) is 30.0 Å². The lowest BCUT2D eigenvalue weighted by atomic mass is 10.1. The third-order valence-corrected chi connectivity index (χ3v) is 5.89. The van der Waals surface area contributed by atoms with Crippen LogP contribution < -0.4 is 5.73 Å². The fourth-order valence-electron chi connectivity index (χ4n) is 1.64. The van der Waals surface area contributed by atoms with Crippen molar-refractivity contribution in [2.24, 2.45) is 5.73 Å². The van der Waals surface area contributed by atoms with Gasteiger partial charge in [0.2, 0.25) is 0 Å². The van der Waals surface area contributed by atoms with Crippen molar-refractivity contribution >= 4 is 54.1 Å². The van der Waals surface area contributed by atoms with Crippen LogP contribution in [0, 0.1) is 0 Å². The molecule has 3 nitrogen and oxygen atoms in total. The molecule has 0 aliphatic carbocycles. The Kier molecular flexibility index (Phi) is 6.79. The molecule has 0 amide bonds. The van der Waals surface area contributed by atoms with Crippen molar-refractivity contribution in [2.75, 3.05) is 12.0 Å². The van der Waals surface area contributed by atoms with Gasteiger partial charge in [0.15, 0.2) is 9.84 Å². The number of sulfone groups is 1. The van der Waals surface area contributed by atoms with Gasteiger partial charge in [0.1, 0.15) is 4.32 Å². The van der Waals surface area contributed by atoms with Crippen LogP contribution in [0.2, 0.25) is 0 Å². The molecule has 0 aliphatic heterocycles. The Morgan fingerprint density at radius 3 is 2.47 bits per heavy atom. The van der Waals surface area contributed by atoms with E-state index >= 15 is 0 Å². The molecular weight excluding hydrogens is 366 g/mol. The van der Waals surface area contributed by atoms with Crippen LogP contribution in [0.5, 0.6) is 0 Å². The maximum absolute atomic E-state index is 11.8. The highest BCUT2D eigenvalue weighted by molar-refractivity contribution is 9.10. The first kappa shape index (κ1) is 16.9. The van der Waals surface area contributed by atoms with E-state index in [0.717, 1.165) is 10.0 Å². The zero-order valence-electron chi connectivity index (χ0n) is 10.5. The van der Waals surface area contributed by atoms with Crippen LogP contribution in [0.3, 0.4) is 0 Å². The van der Waals surface area contributed by atoms with Crippen molar-refractivity contribution in [3.63, 3.8) is 0 Å². The number of hydrogen-bond donors (Lipinski definition) is 1. The maximum Gasteiger partial charge on any atom is 0.150 e. The summed E-state index contributed by atoms with van der Waals surface area (Å²) < 4.78 is 24.9. The zero-order valence-corrected chi connectivity index (χ0v) is 14.5. The van der Waals surface area contributed by atoms with E-state index in [9.17, 15) is 8.42 Å². The molecule has 1 aromatic rings. The molecule has 2 N–H and O–H groups in total. The molecule has 0 aliphatic rings. The second-order valence-corrected chi connectivity index (χ2v) is 9.31. The van der Waals surface area contributed by atoms with Crippen LogP contribution in [-0.2, 0) is 16.3 Å². The molecule has 1 atom stereocenters. The Morgan fingerprint density at radius 2 is 2.00 bits per heavy atom.